The number of halogens is 1. The number of unbranched alkanes of at least 4 members (excludes halogenated alkanes) is 1. The van der Waals surface area contributed by atoms with Crippen LogP contribution in [0.1, 0.15) is 25.5 Å². The van der Waals surface area contributed by atoms with E-state index in [0.29, 0.717) is 5.02 Å². The summed E-state index contributed by atoms with van der Waals surface area (Å²) in [7, 11) is 1.87. The van der Waals surface area contributed by atoms with Gasteiger partial charge in [0.25, 0.3) is 0 Å². The monoisotopic (exact) mass is 303 g/mol. The highest BCUT2D eigenvalue weighted by molar-refractivity contribution is 6.31. The molecule has 0 aliphatic rings. The van der Waals surface area contributed by atoms with Crippen LogP contribution < -0.4 is 10.2 Å². The van der Waals surface area contributed by atoms with Crippen molar-refractivity contribution < 1.29 is 0 Å². The molecule has 1 heterocycles. The number of anilines is 2. The first-order valence-electron chi connectivity index (χ1n) is 7.37. The number of nitrogens with one attached hydrogen (secondary N) is 1. The van der Waals surface area contributed by atoms with Crippen molar-refractivity contribution in [3.63, 3.8) is 0 Å². The van der Waals surface area contributed by atoms with E-state index in [1.165, 1.54) is 12.1 Å². The van der Waals surface area contributed by atoms with Crippen molar-refractivity contribution >= 4 is 23.1 Å². The molecule has 21 heavy (non-hydrogen) atoms. The van der Waals surface area contributed by atoms with E-state index in [4.69, 9.17) is 11.6 Å². The van der Waals surface area contributed by atoms with E-state index in [9.17, 15) is 0 Å². The van der Waals surface area contributed by atoms with Gasteiger partial charge >= 0.3 is 0 Å². The average molecular weight is 304 g/mol. The summed E-state index contributed by atoms with van der Waals surface area (Å²) in [5.41, 5.74) is 2.11. The minimum absolute atomic E-state index is 0.714. The van der Waals surface area contributed by atoms with Gasteiger partial charge in [-0.1, -0.05) is 43.1 Å². The van der Waals surface area contributed by atoms with Crippen LogP contribution in [0.25, 0.3) is 0 Å². The highest BCUT2D eigenvalue weighted by Crippen LogP contribution is 2.22. The fourth-order valence-corrected chi connectivity index (χ4v) is 2.37. The van der Waals surface area contributed by atoms with Crippen molar-refractivity contribution in [2.45, 2.75) is 26.3 Å². The quantitative estimate of drug-likeness (QED) is 0.811. The highest BCUT2D eigenvalue weighted by Gasteiger charge is 2.11. The number of rotatable bonds is 7. The second kappa shape index (κ2) is 7.89. The molecule has 0 radical (unpaired) electrons. The van der Waals surface area contributed by atoms with E-state index < -0.39 is 0 Å². The third-order valence-corrected chi connectivity index (χ3v) is 3.76. The first kappa shape index (κ1) is 15.6. The van der Waals surface area contributed by atoms with Crippen molar-refractivity contribution in [3.8, 4) is 0 Å². The summed E-state index contributed by atoms with van der Waals surface area (Å²) < 4.78 is 0. The molecule has 0 aliphatic carbocycles. The normalized spacial score (nSPS) is 10.4. The number of hydrogen-bond acceptors (Lipinski definition) is 3. The minimum atomic E-state index is 0.714. The minimum Gasteiger partial charge on any atom is -0.373 e. The standard InChI is InChI=1S/C17H22ClN3/c1-3-4-12-21(14-8-6-5-7-9-14)13-16-15(18)10-11-17(19-2)20-16/h5-11H,3-4,12-13H2,1-2H3,(H,19,20). The molecule has 1 aromatic carbocycles. The van der Waals surface area contributed by atoms with Crippen molar-refractivity contribution in [2.75, 3.05) is 23.8 Å². The third kappa shape index (κ3) is 4.36. The Balaban J connectivity index is 2.22. The van der Waals surface area contributed by atoms with Crippen LogP contribution in [-0.4, -0.2) is 18.6 Å². The molecular weight excluding hydrogens is 282 g/mol. The molecule has 0 unspecified atom stereocenters. The Morgan fingerprint density at radius 3 is 2.57 bits per heavy atom. The Kier molecular flexibility index (Phi) is 5.88. The number of hydrogen-bond donors (Lipinski definition) is 1. The molecule has 1 aromatic heterocycles. The average Bonchev–Trinajstić information content (AvgIpc) is 2.54. The molecule has 0 bridgehead atoms. The molecule has 0 saturated carbocycles. The zero-order chi connectivity index (χ0) is 15.1. The first-order chi connectivity index (χ1) is 10.2. The van der Waals surface area contributed by atoms with E-state index in [1.54, 1.807) is 0 Å². The van der Waals surface area contributed by atoms with Crippen LogP contribution in [0.3, 0.4) is 0 Å². The van der Waals surface area contributed by atoms with Crippen molar-refractivity contribution in [2.24, 2.45) is 0 Å². The van der Waals surface area contributed by atoms with Crippen LogP contribution in [0.2, 0.25) is 5.02 Å². The van der Waals surface area contributed by atoms with Gasteiger partial charge in [0, 0.05) is 19.3 Å². The summed E-state index contributed by atoms with van der Waals surface area (Å²) in [5, 5.41) is 3.78. The van der Waals surface area contributed by atoms with E-state index in [0.717, 1.165) is 31.0 Å². The number of para-hydroxylation sites is 1. The van der Waals surface area contributed by atoms with Gasteiger partial charge < -0.3 is 10.2 Å². The number of aromatic nitrogens is 1. The molecule has 3 nitrogen and oxygen atoms in total. The van der Waals surface area contributed by atoms with Crippen LogP contribution in [0.5, 0.6) is 0 Å². The Morgan fingerprint density at radius 1 is 1.14 bits per heavy atom. The summed E-state index contributed by atoms with van der Waals surface area (Å²) in [5.74, 6) is 0.845. The molecule has 2 aromatic rings. The second-order valence-corrected chi connectivity index (χ2v) is 5.39. The summed E-state index contributed by atoms with van der Waals surface area (Å²) in [4.78, 5) is 6.91. The molecule has 2 rings (SSSR count). The van der Waals surface area contributed by atoms with Crippen LogP contribution in [0.4, 0.5) is 11.5 Å². The van der Waals surface area contributed by atoms with Gasteiger partial charge in [0.1, 0.15) is 5.82 Å². The van der Waals surface area contributed by atoms with Crippen molar-refractivity contribution in [3.05, 3.63) is 53.2 Å². The largest absolute Gasteiger partial charge is 0.373 e. The van der Waals surface area contributed by atoms with E-state index >= 15 is 0 Å². The topological polar surface area (TPSA) is 28.2 Å². The zero-order valence-electron chi connectivity index (χ0n) is 12.6. The van der Waals surface area contributed by atoms with Crippen LogP contribution in [-0.2, 0) is 6.54 Å². The Morgan fingerprint density at radius 2 is 1.90 bits per heavy atom. The summed E-state index contributed by atoms with van der Waals surface area (Å²) >= 11 is 6.30. The lowest BCUT2D eigenvalue weighted by Gasteiger charge is -2.25. The predicted molar refractivity (Wildman–Crippen MR) is 91.2 cm³/mol. The third-order valence-electron chi connectivity index (χ3n) is 3.42. The number of benzene rings is 1. The van der Waals surface area contributed by atoms with Crippen molar-refractivity contribution in [1.29, 1.82) is 0 Å². The zero-order valence-corrected chi connectivity index (χ0v) is 13.4. The van der Waals surface area contributed by atoms with Gasteiger partial charge in [0.05, 0.1) is 17.3 Å². The number of nitrogens with zero attached hydrogens (tertiary/aromatic N) is 2. The Labute approximate surface area is 132 Å². The lowest BCUT2D eigenvalue weighted by Crippen LogP contribution is -2.24. The maximum absolute atomic E-state index is 6.30. The molecule has 4 heteroatoms. The van der Waals surface area contributed by atoms with E-state index in [1.807, 2.05) is 25.2 Å². The molecule has 0 atom stereocenters. The fraction of sp³-hybridized carbons (Fsp3) is 0.353. The van der Waals surface area contributed by atoms with Crippen LogP contribution in [0, 0.1) is 0 Å². The SMILES string of the molecule is CCCCN(Cc1nc(NC)ccc1Cl)c1ccccc1. The molecular formula is C17H22ClN3. The highest BCUT2D eigenvalue weighted by atomic mass is 35.5. The molecule has 0 amide bonds. The van der Waals surface area contributed by atoms with E-state index in [2.05, 4.69) is 46.4 Å². The van der Waals surface area contributed by atoms with Gasteiger partial charge in [-0.2, -0.15) is 0 Å². The van der Waals surface area contributed by atoms with E-state index in [-0.39, 0.29) is 0 Å². The summed E-state index contributed by atoms with van der Waals surface area (Å²) in [6, 6.07) is 14.2. The lowest BCUT2D eigenvalue weighted by atomic mass is 10.2. The van der Waals surface area contributed by atoms with Gasteiger partial charge in [-0.3, -0.25) is 0 Å². The Bertz CT molecular complexity index is 557. The maximum atomic E-state index is 6.30. The molecule has 0 aliphatic heterocycles. The van der Waals surface area contributed by atoms with Gasteiger partial charge in [0.15, 0.2) is 0 Å². The predicted octanol–water partition coefficient (Wildman–Crippen LogP) is 4.58. The molecule has 0 spiro atoms. The number of pyridine rings is 1. The van der Waals surface area contributed by atoms with Gasteiger partial charge in [-0.05, 0) is 30.7 Å². The lowest BCUT2D eigenvalue weighted by molar-refractivity contribution is 0.708. The second-order valence-electron chi connectivity index (χ2n) is 4.99. The Hall–Kier alpha value is -1.74. The smallest absolute Gasteiger partial charge is 0.126 e. The first-order valence-corrected chi connectivity index (χ1v) is 7.75. The summed E-state index contributed by atoms with van der Waals surface area (Å²) in [6.45, 7) is 3.93. The van der Waals surface area contributed by atoms with Crippen LogP contribution in [0.15, 0.2) is 42.5 Å². The molecule has 112 valence electrons. The summed E-state index contributed by atoms with van der Waals surface area (Å²) in [6.07, 6.45) is 2.32. The van der Waals surface area contributed by atoms with Gasteiger partial charge in [-0.25, -0.2) is 4.98 Å². The van der Waals surface area contributed by atoms with Crippen molar-refractivity contribution in [1.82, 2.24) is 4.98 Å². The van der Waals surface area contributed by atoms with Gasteiger partial charge in [0.2, 0.25) is 0 Å². The van der Waals surface area contributed by atoms with Crippen LogP contribution >= 0.6 is 11.6 Å². The molecule has 0 saturated heterocycles. The maximum Gasteiger partial charge on any atom is 0.126 e. The molecule has 0 fully saturated rings. The fourth-order valence-electron chi connectivity index (χ4n) is 2.20. The van der Waals surface area contributed by atoms with Gasteiger partial charge in [-0.15, -0.1) is 0 Å². The molecule has 1 N–H and O–H groups in total.